The molecule has 5 nitrogen and oxygen atoms in total. The number of carbonyl (C=O) groups is 2. The molecule has 0 saturated heterocycles. The molecule has 132 valence electrons. The first-order valence-electron chi connectivity index (χ1n) is 7.71. The number of hydrogen-bond donors (Lipinski definition) is 2. The average molecular weight is 378 g/mol. The van der Waals surface area contributed by atoms with E-state index in [1.165, 1.54) is 17.4 Å². The Hall–Kier alpha value is -2.15. The first-order valence-corrected chi connectivity index (χ1v) is 8.53. The summed E-state index contributed by atoms with van der Waals surface area (Å²) in [5, 5.41) is 3.35. The van der Waals surface area contributed by atoms with Crippen LogP contribution in [0.15, 0.2) is 36.4 Å². The minimum Gasteiger partial charge on any atom is -0.365 e. The van der Waals surface area contributed by atoms with Gasteiger partial charge in [-0.15, -0.1) is 23.7 Å². The van der Waals surface area contributed by atoms with Crippen molar-refractivity contribution in [2.75, 3.05) is 18.9 Å². The van der Waals surface area contributed by atoms with Gasteiger partial charge >= 0.3 is 0 Å². The number of fused-ring (bicyclic) bond motifs is 1. The monoisotopic (exact) mass is 377 g/mol. The van der Waals surface area contributed by atoms with Gasteiger partial charge in [-0.3, -0.25) is 9.59 Å². The lowest BCUT2D eigenvalue weighted by Gasteiger charge is -2.22. The largest absolute Gasteiger partial charge is 0.365 e. The molecule has 2 aromatic rings. The summed E-state index contributed by atoms with van der Waals surface area (Å²) in [5.41, 5.74) is 7.93. The van der Waals surface area contributed by atoms with E-state index in [2.05, 4.69) is 10.2 Å². The smallest absolute Gasteiger partial charge is 0.251 e. The Balaban J connectivity index is 0.00000225. The second-order valence-electron chi connectivity index (χ2n) is 5.79. The van der Waals surface area contributed by atoms with Gasteiger partial charge in [0.05, 0.1) is 5.56 Å². The maximum absolute atomic E-state index is 12.2. The van der Waals surface area contributed by atoms with E-state index in [-0.39, 0.29) is 18.3 Å². The first kappa shape index (κ1) is 19.2. The summed E-state index contributed by atoms with van der Waals surface area (Å²) in [5.74, 6) is -0.757. The molecule has 1 aliphatic heterocycles. The topological polar surface area (TPSA) is 75.4 Å². The minimum atomic E-state index is -0.487. The van der Waals surface area contributed by atoms with Crippen LogP contribution in [0.3, 0.4) is 0 Å². The molecule has 0 fully saturated rings. The van der Waals surface area contributed by atoms with E-state index in [1.807, 2.05) is 37.4 Å². The van der Waals surface area contributed by atoms with Crippen molar-refractivity contribution in [1.29, 1.82) is 0 Å². The van der Waals surface area contributed by atoms with Gasteiger partial charge in [0, 0.05) is 24.0 Å². The Bertz CT molecular complexity index is 802. The Labute approximate surface area is 156 Å². The molecule has 0 bridgehead atoms. The van der Waals surface area contributed by atoms with E-state index in [1.54, 1.807) is 6.08 Å². The third-order valence-corrected chi connectivity index (χ3v) is 5.09. The number of thiophene rings is 1. The number of carbonyl (C=O) groups excluding carboxylic acids is 2. The molecule has 0 atom stereocenters. The fourth-order valence-electron chi connectivity index (χ4n) is 2.77. The number of hydrogen-bond acceptors (Lipinski definition) is 4. The van der Waals surface area contributed by atoms with Crippen molar-refractivity contribution in [3.05, 3.63) is 58.0 Å². The highest BCUT2D eigenvalue weighted by Gasteiger charge is 2.26. The van der Waals surface area contributed by atoms with Crippen LogP contribution in [0, 0.1) is 0 Å². The van der Waals surface area contributed by atoms with Crippen LogP contribution < -0.4 is 11.1 Å². The molecule has 3 rings (SSSR count). The van der Waals surface area contributed by atoms with E-state index in [0.29, 0.717) is 10.6 Å². The molecule has 2 amide bonds. The summed E-state index contributed by atoms with van der Waals surface area (Å²) in [7, 11) is 2.04. The Morgan fingerprint density at radius 2 is 2.00 bits per heavy atom. The number of nitrogens with two attached hydrogens (primary N) is 1. The molecule has 0 spiro atoms. The molecule has 1 aliphatic rings. The van der Waals surface area contributed by atoms with Crippen molar-refractivity contribution >= 4 is 46.6 Å². The molecule has 3 N–H and O–H groups in total. The Morgan fingerprint density at radius 1 is 1.28 bits per heavy atom. The van der Waals surface area contributed by atoms with Crippen molar-refractivity contribution in [3.63, 3.8) is 0 Å². The normalized spacial score (nSPS) is 14.0. The van der Waals surface area contributed by atoms with Gasteiger partial charge in [0.2, 0.25) is 5.91 Å². The van der Waals surface area contributed by atoms with E-state index >= 15 is 0 Å². The number of benzene rings is 1. The minimum absolute atomic E-state index is 0. The molecule has 0 radical (unpaired) electrons. The third kappa shape index (κ3) is 4.48. The maximum Gasteiger partial charge on any atom is 0.251 e. The van der Waals surface area contributed by atoms with Crippen LogP contribution in [-0.4, -0.2) is 30.3 Å². The standard InChI is InChI=1S/C18H19N3O2S.ClH/c1-21-10-9-13-14(11-21)24-18(16(13)17(19)23)20-15(22)8-7-12-5-3-2-4-6-12;/h2-8H,9-11H2,1H3,(H2,19,23)(H,20,22);1H/b8-7+;. The second kappa shape index (κ2) is 8.29. The summed E-state index contributed by atoms with van der Waals surface area (Å²) in [4.78, 5) is 27.3. The van der Waals surface area contributed by atoms with E-state index in [9.17, 15) is 9.59 Å². The van der Waals surface area contributed by atoms with Gasteiger partial charge in [0.15, 0.2) is 0 Å². The van der Waals surface area contributed by atoms with Crippen LogP contribution in [0.5, 0.6) is 0 Å². The number of likely N-dealkylation sites (N-methyl/N-ethyl adjacent to an activating group) is 1. The molecular weight excluding hydrogens is 358 g/mol. The highest BCUT2D eigenvalue weighted by molar-refractivity contribution is 7.17. The van der Waals surface area contributed by atoms with Gasteiger partial charge in [0.25, 0.3) is 5.91 Å². The molecule has 1 aromatic heterocycles. The lowest BCUT2D eigenvalue weighted by molar-refractivity contribution is -0.111. The molecule has 1 aromatic carbocycles. The average Bonchev–Trinajstić information content (AvgIpc) is 2.90. The van der Waals surface area contributed by atoms with Crippen LogP contribution in [-0.2, 0) is 17.8 Å². The van der Waals surface area contributed by atoms with Crippen LogP contribution in [0.4, 0.5) is 5.00 Å². The molecule has 0 aliphatic carbocycles. The number of nitrogens with one attached hydrogen (secondary N) is 1. The number of rotatable bonds is 4. The predicted molar refractivity (Wildman–Crippen MR) is 104 cm³/mol. The summed E-state index contributed by atoms with van der Waals surface area (Å²) in [6, 6.07) is 9.57. The molecule has 25 heavy (non-hydrogen) atoms. The SMILES string of the molecule is CN1CCc2c(sc(NC(=O)/C=C/c3ccccc3)c2C(N)=O)C1.Cl. The van der Waals surface area contributed by atoms with Gasteiger partial charge in [-0.1, -0.05) is 30.3 Å². The number of primary amides is 1. The van der Waals surface area contributed by atoms with Crippen molar-refractivity contribution < 1.29 is 9.59 Å². The lowest BCUT2D eigenvalue weighted by atomic mass is 10.0. The van der Waals surface area contributed by atoms with E-state index in [0.717, 1.165) is 35.5 Å². The van der Waals surface area contributed by atoms with Crippen molar-refractivity contribution in [2.45, 2.75) is 13.0 Å². The Kier molecular flexibility index (Phi) is 6.36. The van der Waals surface area contributed by atoms with Crippen molar-refractivity contribution in [2.24, 2.45) is 5.73 Å². The van der Waals surface area contributed by atoms with Crippen LogP contribution in [0.2, 0.25) is 0 Å². The number of nitrogens with zero attached hydrogens (tertiary/aromatic N) is 1. The number of anilines is 1. The third-order valence-electron chi connectivity index (χ3n) is 3.96. The van der Waals surface area contributed by atoms with E-state index < -0.39 is 5.91 Å². The highest BCUT2D eigenvalue weighted by Crippen LogP contribution is 2.36. The zero-order valence-electron chi connectivity index (χ0n) is 13.8. The lowest BCUT2D eigenvalue weighted by Crippen LogP contribution is -2.27. The summed E-state index contributed by atoms with van der Waals surface area (Å²) in [6.45, 7) is 1.65. The van der Waals surface area contributed by atoms with Gasteiger partial charge in [-0.05, 0) is 30.7 Å². The fraction of sp³-hybridized carbons (Fsp3) is 0.222. The predicted octanol–water partition coefficient (Wildman–Crippen LogP) is 2.91. The quantitative estimate of drug-likeness (QED) is 0.804. The van der Waals surface area contributed by atoms with Crippen LogP contribution in [0.25, 0.3) is 6.08 Å². The van der Waals surface area contributed by atoms with Gasteiger partial charge in [-0.25, -0.2) is 0 Å². The van der Waals surface area contributed by atoms with Crippen LogP contribution in [0.1, 0.15) is 26.4 Å². The first-order chi connectivity index (χ1) is 11.5. The zero-order chi connectivity index (χ0) is 17.1. The van der Waals surface area contributed by atoms with Crippen molar-refractivity contribution in [3.8, 4) is 0 Å². The molecule has 0 unspecified atom stereocenters. The number of amides is 2. The summed E-state index contributed by atoms with van der Waals surface area (Å²) < 4.78 is 0. The van der Waals surface area contributed by atoms with Crippen LogP contribution >= 0.6 is 23.7 Å². The number of halogens is 1. The van der Waals surface area contributed by atoms with Gasteiger partial charge in [-0.2, -0.15) is 0 Å². The second-order valence-corrected chi connectivity index (χ2v) is 6.90. The molecule has 7 heteroatoms. The molecular formula is C18H20ClN3O2S. The maximum atomic E-state index is 12.2. The zero-order valence-corrected chi connectivity index (χ0v) is 15.5. The highest BCUT2D eigenvalue weighted by atomic mass is 35.5. The van der Waals surface area contributed by atoms with Crippen molar-refractivity contribution in [1.82, 2.24) is 4.90 Å². The van der Waals surface area contributed by atoms with Gasteiger partial charge in [0.1, 0.15) is 5.00 Å². The molecule has 2 heterocycles. The Morgan fingerprint density at radius 3 is 2.68 bits per heavy atom. The summed E-state index contributed by atoms with van der Waals surface area (Å²) in [6.07, 6.45) is 3.97. The fourth-order valence-corrected chi connectivity index (χ4v) is 4.11. The van der Waals surface area contributed by atoms with E-state index in [4.69, 9.17) is 5.73 Å². The van der Waals surface area contributed by atoms with Gasteiger partial charge < -0.3 is 16.0 Å². The molecule has 0 saturated carbocycles. The summed E-state index contributed by atoms with van der Waals surface area (Å²) >= 11 is 1.44.